The van der Waals surface area contributed by atoms with Gasteiger partial charge in [0.25, 0.3) is 11.8 Å². The Labute approximate surface area is 174 Å². The highest BCUT2D eigenvalue weighted by atomic mass is 32.1. The maximum absolute atomic E-state index is 13.2. The van der Waals surface area contributed by atoms with Crippen LogP contribution in [0.1, 0.15) is 28.9 Å². The molecule has 0 aliphatic rings. The molecule has 0 bridgehead atoms. The minimum absolute atomic E-state index is 0.0120. The highest BCUT2D eigenvalue weighted by molar-refractivity contribution is 7.33. The number of rotatable bonds is 6. The number of hydrogen-bond donors (Lipinski definition) is 0. The molecule has 1 aromatic carbocycles. The molecule has 0 aliphatic carbocycles. The third-order valence-electron chi connectivity index (χ3n) is 4.57. The van der Waals surface area contributed by atoms with Gasteiger partial charge in [0.05, 0.1) is 22.4 Å². The molecule has 0 saturated heterocycles. The monoisotopic (exact) mass is 423 g/mol. The van der Waals surface area contributed by atoms with Crippen molar-refractivity contribution in [3.63, 3.8) is 0 Å². The topological polar surface area (TPSA) is 72.4 Å². The quantitative estimate of drug-likeness (QED) is 0.344. The molecule has 0 fully saturated rings. The fourth-order valence-electron chi connectivity index (χ4n) is 3.26. The molecule has 0 saturated carbocycles. The van der Waals surface area contributed by atoms with Gasteiger partial charge in [0.15, 0.2) is 5.76 Å². The Kier molecular flexibility index (Phi) is 4.65. The molecule has 0 atom stereocenters. The highest BCUT2D eigenvalue weighted by Crippen LogP contribution is 2.39. The smallest absolute Gasteiger partial charge is 0.283 e. The summed E-state index contributed by atoms with van der Waals surface area (Å²) in [6, 6.07) is 13.8. The van der Waals surface area contributed by atoms with Crippen LogP contribution < -0.4 is 0 Å². The Morgan fingerprint density at radius 2 is 2.00 bits per heavy atom. The number of hydrogen-bond acceptors (Lipinski definition) is 7. The molecule has 6 nitrogen and oxygen atoms in total. The number of carbonyl (C=O) groups excluding carboxylic acids is 1. The van der Waals surface area contributed by atoms with Crippen molar-refractivity contribution in [1.29, 1.82) is 0 Å². The molecular formula is C21H17N3O3S2. The number of benzene rings is 1. The van der Waals surface area contributed by atoms with Gasteiger partial charge in [-0.15, -0.1) is 32.9 Å². The first-order valence-corrected chi connectivity index (χ1v) is 10.9. The van der Waals surface area contributed by atoms with Crippen LogP contribution in [0, 0.1) is 0 Å². The van der Waals surface area contributed by atoms with Gasteiger partial charge in [0, 0.05) is 21.3 Å². The van der Waals surface area contributed by atoms with E-state index >= 15 is 0 Å². The van der Waals surface area contributed by atoms with E-state index in [1.54, 1.807) is 46.0 Å². The van der Waals surface area contributed by atoms with Gasteiger partial charge in [-0.05, 0) is 30.7 Å². The average molecular weight is 424 g/mol. The van der Waals surface area contributed by atoms with Gasteiger partial charge in [-0.2, -0.15) is 0 Å². The average Bonchev–Trinajstić information content (AvgIpc) is 3.49. The molecule has 0 aliphatic heterocycles. The first-order valence-electron chi connectivity index (χ1n) is 9.29. The normalized spacial score (nSPS) is 11.5. The van der Waals surface area contributed by atoms with Crippen LogP contribution in [0.5, 0.6) is 0 Å². The van der Waals surface area contributed by atoms with E-state index in [0.717, 1.165) is 16.0 Å². The van der Waals surface area contributed by atoms with Crippen LogP contribution in [-0.4, -0.2) is 27.5 Å². The molecule has 0 N–H and O–H groups in total. The van der Waals surface area contributed by atoms with Gasteiger partial charge in [0.2, 0.25) is 5.89 Å². The van der Waals surface area contributed by atoms with Gasteiger partial charge in [-0.25, -0.2) is 0 Å². The van der Waals surface area contributed by atoms with E-state index in [1.165, 1.54) is 14.8 Å². The highest BCUT2D eigenvalue weighted by Gasteiger charge is 2.22. The minimum Gasteiger partial charge on any atom is -0.459 e. The standard InChI is InChI=1S/C21H17N3O3S2/c1-2-9-24(12-18-22-23-20(27-18)14-7-5-10-26-14)21(25)17-11-16-19(29-17)13-6-3-4-8-15(13)28-16/h3-8,10-11H,2,9,12H2,1H3. The van der Waals surface area contributed by atoms with Crippen molar-refractivity contribution in [3.05, 3.63) is 59.5 Å². The van der Waals surface area contributed by atoms with E-state index in [4.69, 9.17) is 8.83 Å². The van der Waals surface area contributed by atoms with Crippen LogP contribution in [0.4, 0.5) is 0 Å². The summed E-state index contributed by atoms with van der Waals surface area (Å²) in [5.41, 5.74) is 0. The number of amides is 1. The predicted octanol–water partition coefficient (Wildman–Crippen LogP) is 5.81. The summed E-state index contributed by atoms with van der Waals surface area (Å²) in [4.78, 5) is 15.7. The molecule has 0 spiro atoms. The van der Waals surface area contributed by atoms with Gasteiger partial charge in [-0.1, -0.05) is 25.1 Å². The van der Waals surface area contributed by atoms with Crippen LogP contribution in [0.25, 0.3) is 31.1 Å². The molecule has 146 valence electrons. The molecule has 5 aromatic rings. The minimum atomic E-state index is -0.0120. The lowest BCUT2D eigenvalue weighted by atomic mass is 10.2. The summed E-state index contributed by atoms with van der Waals surface area (Å²) in [7, 11) is 0. The zero-order chi connectivity index (χ0) is 19.8. The molecule has 1 amide bonds. The van der Waals surface area contributed by atoms with Gasteiger partial charge in [-0.3, -0.25) is 4.79 Å². The fraction of sp³-hybridized carbons (Fsp3) is 0.190. The molecule has 4 heterocycles. The lowest BCUT2D eigenvalue weighted by molar-refractivity contribution is 0.0733. The van der Waals surface area contributed by atoms with Crippen molar-refractivity contribution in [2.75, 3.05) is 6.54 Å². The first-order chi connectivity index (χ1) is 14.2. The van der Waals surface area contributed by atoms with Crippen LogP contribution in [0.3, 0.4) is 0 Å². The van der Waals surface area contributed by atoms with Crippen molar-refractivity contribution < 1.29 is 13.6 Å². The number of fused-ring (bicyclic) bond motifs is 3. The van der Waals surface area contributed by atoms with E-state index in [2.05, 4.69) is 22.3 Å². The Morgan fingerprint density at radius 3 is 2.83 bits per heavy atom. The van der Waals surface area contributed by atoms with E-state index < -0.39 is 0 Å². The van der Waals surface area contributed by atoms with Crippen molar-refractivity contribution in [2.45, 2.75) is 19.9 Å². The maximum Gasteiger partial charge on any atom is 0.283 e. The van der Waals surface area contributed by atoms with Gasteiger partial charge in [0.1, 0.15) is 0 Å². The summed E-state index contributed by atoms with van der Waals surface area (Å²) in [6.07, 6.45) is 2.39. The molecule has 4 aromatic heterocycles. The summed E-state index contributed by atoms with van der Waals surface area (Å²) >= 11 is 3.27. The van der Waals surface area contributed by atoms with Gasteiger partial charge >= 0.3 is 0 Å². The number of aromatic nitrogens is 2. The van der Waals surface area contributed by atoms with E-state index in [-0.39, 0.29) is 12.5 Å². The summed E-state index contributed by atoms with van der Waals surface area (Å²) in [6.45, 7) is 2.93. The molecule has 5 rings (SSSR count). The van der Waals surface area contributed by atoms with E-state index in [9.17, 15) is 4.79 Å². The third-order valence-corrected chi connectivity index (χ3v) is 6.97. The number of nitrogens with zero attached hydrogens (tertiary/aromatic N) is 3. The summed E-state index contributed by atoms with van der Waals surface area (Å²) < 4.78 is 14.5. The predicted molar refractivity (Wildman–Crippen MR) is 114 cm³/mol. The summed E-state index contributed by atoms with van der Waals surface area (Å²) in [5, 5.41) is 9.31. The maximum atomic E-state index is 13.2. The zero-order valence-electron chi connectivity index (χ0n) is 15.6. The van der Waals surface area contributed by atoms with Crippen LogP contribution in [0.2, 0.25) is 0 Å². The number of furan rings is 1. The first kappa shape index (κ1) is 18.1. The Bertz CT molecular complexity index is 1280. The van der Waals surface area contributed by atoms with Crippen molar-refractivity contribution in [2.24, 2.45) is 0 Å². The molecule has 0 radical (unpaired) electrons. The largest absolute Gasteiger partial charge is 0.459 e. The molecule has 0 unspecified atom stereocenters. The lowest BCUT2D eigenvalue weighted by Crippen LogP contribution is -2.30. The Morgan fingerprint density at radius 1 is 1.10 bits per heavy atom. The van der Waals surface area contributed by atoms with Crippen LogP contribution in [-0.2, 0) is 6.54 Å². The van der Waals surface area contributed by atoms with Crippen molar-refractivity contribution in [1.82, 2.24) is 15.1 Å². The van der Waals surface area contributed by atoms with Crippen LogP contribution in [0.15, 0.2) is 57.6 Å². The third kappa shape index (κ3) is 3.34. The molecule has 8 heteroatoms. The number of thiophene rings is 2. The fourth-order valence-corrected chi connectivity index (χ4v) is 5.76. The van der Waals surface area contributed by atoms with Crippen molar-refractivity contribution >= 4 is 48.1 Å². The second-order valence-corrected chi connectivity index (χ2v) is 8.74. The molecular weight excluding hydrogens is 406 g/mol. The second kappa shape index (κ2) is 7.46. The SMILES string of the molecule is CCCN(Cc1nnc(-c2ccco2)o1)C(=O)c1cc2sc3ccccc3c2s1. The van der Waals surface area contributed by atoms with E-state index in [1.807, 2.05) is 25.1 Å². The van der Waals surface area contributed by atoms with Crippen LogP contribution >= 0.6 is 22.7 Å². The second-order valence-electron chi connectivity index (χ2n) is 6.61. The lowest BCUT2D eigenvalue weighted by Gasteiger charge is -2.19. The number of carbonyl (C=O) groups is 1. The van der Waals surface area contributed by atoms with Crippen molar-refractivity contribution in [3.8, 4) is 11.7 Å². The zero-order valence-corrected chi connectivity index (χ0v) is 17.3. The van der Waals surface area contributed by atoms with Gasteiger partial charge < -0.3 is 13.7 Å². The Balaban J connectivity index is 1.41. The Hall–Kier alpha value is -2.97. The molecule has 29 heavy (non-hydrogen) atoms. The van der Waals surface area contributed by atoms with E-state index in [0.29, 0.717) is 24.1 Å². The summed E-state index contributed by atoms with van der Waals surface area (Å²) in [5.74, 6) is 1.21.